The van der Waals surface area contributed by atoms with Gasteiger partial charge in [0.05, 0.1) is 6.42 Å². The molecule has 0 heterocycles. The fourth-order valence-electron chi connectivity index (χ4n) is 1.90. The average molecular weight is 263 g/mol. The third kappa shape index (κ3) is 5.33. The van der Waals surface area contributed by atoms with E-state index in [4.69, 9.17) is 5.11 Å². The molecule has 0 saturated carbocycles. The molecule has 1 rings (SSSR count). The predicted octanol–water partition coefficient (Wildman–Crippen LogP) is 3.90. The van der Waals surface area contributed by atoms with Gasteiger partial charge in [-0.1, -0.05) is 46.8 Å². The van der Waals surface area contributed by atoms with Crippen molar-refractivity contribution in [3.8, 4) is 0 Å². The smallest absolute Gasteiger partial charge is 0.303 e. The minimum absolute atomic E-state index is 0.154. The highest BCUT2D eigenvalue weighted by Gasteiger charge is 2.21. The third-order valence-corrected chi connectivity index (χ3v) is 3.15. The first-order valence-corrected chi connectivity index (χ1v) is 6.66. The van der Waals surface area contributed by atoms with Gasteiger partial charge in [0.25, 0.3) is 0 Å². The van der Waals surface area contributed by atoms with Gasteiger partial charge in [0.1, 0.15) is 0 Å². The van der Waals surface area contributed by atoms with Crippen molar-refractivity contribution < 1.29 is 9.90 Å². The van der Waals surface area contributed by atoms with Crippen LogP contribution in [0.15, 0.2) is 24.3 Å². The van der Waals surface area contributed by atoms with Gasteiger partial charge in [-0.15, -0.1) is 0 Å². The van der Waals surface area contributed by atoms with Gasteiger partial charge in [0, 0.05) is 12.2 Å². The molecular formula is C16H25NO2. The standard InChI is InChI=1S/C16H25NO2/c1-15(2,3)12-6-8-13(9-7-12)17-11-16(4,5)10-14(18)19/h6-9,17H,10-11H2,1-5H3,(H,18,19). The highest BCUT2D eigenvalue weighted by molar-refractivity contribution is 5.67. The van der Waals surface area contributed by atoms with Crippen LogP contribution in [-0.2, 0) is 10.2 Å². The Kier molecular flexibility index (Phi) is 4.61. The van der Waals surface area contributed by atoms with E-state index in [1.165, 1.54) is 5.56 Å². The summed E-state index contributed by atoms with van der Waals surface area (Å²) >= 11 is 0. The summed E-state index contributed by atoms with van der Waals surface area (Å²) in [7, 11) is 0. The summed E-state index contributed by atoms with van der Waals surface area (Å²) in [5, 5.41) is 12.2. The van der Waals surface area contributed by atoms with Gasteiger partial charge in [0.2, 0.25) is 0 Å². The zero-order chi connectivity index (χ0) is 14.7. The van der Waals surface area contributed by atoms with Crippen LogP contribution in [0.2, 0.25) is 0 Å². The van der Waals surface area contributed by atoms with Gasteiger partial charge in [-0.2, -0.15) is 0 Å². The molecule has 0 spiro atoms. The molecule has 1 aromatic rings. The average Bonchev–Trinajstić information content (AvgIpc) is 2.24. The zero-order valence-corrected chi connectivity index (χ0v) is 12.6. The Morgan fingerprint density at radius 3 is 2.05 bits per heavy atom. The van der Waals surface area contributed by atoms with E-state index in [0.29, 0.717) is 6.54 Å². The Balaban J connectivity index is 2.62. The molecule has 0 atom stereocenters. The van der Waals surface area contributed by atoms with E-state index in [-0.39, 0.29) is 17.3 Å². The zero-order valence-electron chi connectivity index (χ0n) is 12.6. The second kappa shape index (κ2) is 5.64. The second-order valence-corrected chi connectivity index (χ2v) is 6.92. The van der Waals surface area contributed by atoms with E-state index in [2.05, 4.69) is 50.4 Å². The molecule has 0 bridgehead atoms. The topological polar surface area (TPSA) is 49.3 Å². The molecular weight excluding hydrogens is 238 g/mol. The lowest BCUT2D eigenvalue weighted by molar-refractivity contribution is -0.139. The maximum absolute atomic E-state index is 10.8. The van der Waals surface area contributed by atoms with Crippen LogP contribution in [0.25, 0.3) is 0 Å². The van der Waals surface area contributed by atoms with Crippen LogP contribution >= 0.6 is 0 Å². The Hall–Kier alpha value is -1.51. The van der Waals surface area contributed by atoms with Crippen molar-refractivity contribution in [2.24, 2.45) is 5.41 Å². The molecule has 0 saturated heterocycles. The lowest BCUT2D eigenvalue weighted by Crippen LogP contribution is -2.26. The largest absolute Gasteiger partial charge is 0.481 e. The normalized spacial score (nSPS) is 12.3. The van der Waals surface area contributed by atoms with Gasteiger partial charge in [-0.3, -0.25) is 4.79 Å². The third-order valence-electron chi connectivity index (χ3n) is 3.15. The van der Waals surface area contributed by atoms with E-state index < -0.39 is 5.97 Å². The van der Waals surface area contributed by atoms with Crippen LogP contribution in [0.3, 0.4) is 0 Å². The van der Waals surface area contributed by atoms with E-state index >= 15 is 0 Å². The number of rotatable bonds is 5. The van der Waals surface area contributed by atoms with Crippen LogP contribution in [0.1, 0.15) is 46.6 Å². The first-order valence-electron chi connectivity index (χ1n) is 6.66. The van der Waals surface area contributed by atoms with Gasteiger partial charge in [0.15, 0.2) is 0 Å². The minimum Gasteiger partial charge on any atom is -0.481 e. The number of aliphatic carboxylic acids is 1. The number of nitrogens with one attached hydrogen (secondary N) is 1. The first-order chi connectivity index (χ1) is 8.60. The van der Waals surface area contributed by atoms with Crippen molar-refractivity contribution in [3.63, 3.8) is 0 Å². The lowest BCUT2D eigenvalue weighted by Gasteiger charge is -2.24. The SMILES string of the molecule is CC(C)(CNc1ccc(C(C)(C)C)cc1)CC(=O)O. The fourth-order valence-corrected chi connectivity index (χ4v) is 1.90. The number of hydrogen-bond acceptors (Lipinski definition) is 2. The van der Waals surface area contributed by atoms with Crippen LogP contribution in [0.4, 0.5) is 5.69 Å². The summed E-state index contributed by atoms with van der Waals surface area (Å²) in [5.41, 5.74) is 2.23. The number of carboxylic acids is 1. The molecule has 0 aromatic heterocycles. The highest BCUT2D eigenvalue weighted by Crippen LogP contribution is 2.25. The molecule has 2 N–H and O–H groups in total. The number of benzene rings is 1. The van der Waals surface area contributed by atoms with Gasteiger partial charge in [-0.05, 0) is 28.5 Å². The highest BCUT2D eigenvalue weighted by atomic mass is 16.4. The molecule has 0 aliphatic heterocycles. The van der Waals surface area contributed by atoms with Crippen LogP contribution < -0.4 is 5.32 Å². The molecule has 0 aliphatic carbocycles. The van der Waals surface area contributed by atoms with Crippen molar-refractivity contribution in [3.05, 3.63) is 29.8 Å². The molecule has 0 amide bonds. The monoisotopic (exact) mass is 263 g/mol. The minimum atomic E-state index is -0.755. The number of carboxylic acid groups (broad SMARTS) is 1. The molecule has 3 heteroatoms. The Morgan fingerprint density at radius 1 is 1.11 bits per heavy atom. The number of hydrogen-bond donors (Lipinski definition) is 2. The van der Waals surface area contributed by atoms with Crippen molar-refractivity contribution >= 4 is 11.7 Å². The molecule has 0 aliphatic rings. The quantitative estimate of drug-likeness (QED) is 0.847. The molecule has 1 aromatic carbocycles. The summed E-state index contributed by atoms with van der Waals surface area (Å²) in [4.78, 5) is 10.8. The van der Waals surface area contributed by atoms with Crippen molar-refractivity contribution in [2.45, 2.75) is 46.5 Å². The number of carbonyl (C=O) groups is 1. The summed E-state index contributed by atoms with van der Waals surface area (Å²) < 4.78 is 0. The predicted molar refractivity (Wildman–Crippen MR) is 79.7 cm³/mol. The number of anilines is 1. The molecule has 19 heavy (non-hydrogen) atoms. The van der Waals surface area contributed by atoms with Crippen LogP contribution in [-0.4, -0.2) is 17.6 Å². The van der Waals surface area contributed by atoms with Crippen LogP contribution in [0.5, 0.6) is 0 Å². The molecule has 106 valence electrons. The molecule has 3 nitrogen and oxygen atoms in total. The van der Waals surface area contributed by atoms with Gasteiger partial charge >= 0.3 is 5.97 Å². The van der Waals surface area contributed by atoms with Crippen molar-refractivity contribution in [1.29, 1.82) is 0 Å². The van der Waals surface area contributed by atoms with Gasteiger partial charge in [-0.25, -0.2) is 0 Å². The van der Waals surface area contributed by atoms with Crippen molar-refractivity contribution in [1.82, 2.24) is 0 Å². The summed E-state index contributed by atoms with van der Waals surface area (Å²) in [6.45, 7) is 11.1. The summed E-state index contributed by atoms with van der Waals surface area (Å²) in [5.74, 6) is -0.755. The maximum Gasteiger partial charge on any atom is 0.303 e. The Morgan fingerprint density at radius 2 is 1.63 bits per heavy atom. The Labute approximate surface area is 116 Å². The second-order valence-electron chi connectivity index (χ2n) is 6.92. The fraction of sp³-hybridized carbons (Fsp3) is 0.562. The summed E-state index contributed by atoms with van der Waals surface area (Å²) in [6.07, 6.45) is 0.167. The Bertz CT molecular complexity index is 427. The molecule has 0 unspecified atom stereocenters. The van der Waals surface area contributed by atoms with E-state index in [1.54, 1.807) is 0 Å². The molecule has 0 radical (unpaired) electrons. The maximum atomic E-state index is 10.8. The molecule has 0 fully saturated rings. The first kappa shape index (κ1) is 15.5. The van der Waals surface area contributed by atoms with E-state index in [9.17, 15) is 4.79 Å². The van der Waals surface area contributed by atoms with E-state index in [0.717, 1.165) is 5.69 Å². The van der Waals surface area contributed by atoms with Crippen LogP contribution in [0, 0.1) is 5.41 Å². The van der Waals surface area contributed by atoms with Crippen molar-refractivity contribution in [2.75, 3.05) is 11.9 Å². The summed E-state index contributed by atoms with van der Waals surface area (Å²) in [6, 6.07) is 8.34. The van der Waals surface area contributed by atoms with Gasteiger partial charge < -0.3 is 10.4 Å². The van der Waals surface area contributed by atoms with E-state index in [1.807, 2.05) is 13.8 Å². The lowest BCUT2D eigenvalue weighted by atomic mass is 9.87.